The van der Waals surface area contributed by atoms with E-state index in [2.05, 4.69) is 64.5 Å². The van der Waals surface area contributed by atoms with Crippen LogP contribution in [0.5, 0.6) is 0 Å². The van der Waals surface area contributed by atoms with Crippen LogP contribution < -0.4 is 0 Å². The third-order valence-corrected chi connectivity index (χ3v) is 5.52. The molecule has 1 N–H and O–H groups in total. The molecule has 4 rings (SSSR count). The number of aromatic amines is 1. The molecule has 0 saturated carbocycles. The Morgan fingerprint density at radius 1 is 1.12 bits per heavy atom. The predicted molar refractivity (Wildman–Crippen MR) is 104 cm³/mol. The fraction of sp³-hybridized carbons (Fsp3) is 0.429. The van der Waals surface area contributed by atoms with Gasteiger partial charge in [0, 0.05) is 42.0 Å². The molecule has 1 aromatic carbocycles. The summed E-state index contributed by atoms with van der Waals surface area (Å²) in [5.41, 5.74) is 6.49. The van der Waals surface area contributed by atoms with Gasteiger partial charge < -0.3 is 0 Å². The van der Waals surface area contributed by atoms with Crippen molar-refractivity contribution in [3.05, 3.63) is 59.7 Å². The maximum atomic E-state index is 4.39. The third-order valence-electron chi connectivity index (χ3n) is 5.52. The zero-order chi connectivity index (χ0) is 17.9. The van der Waals surface area contributed by atoms with Crippen molar-refractivity contribution in [1.29, 1.82) is 0 Å². The van der Waals surface area contributed by atoms with Crippen LogP contribution in [0.4, 0.5) is 0 Å². The van der Waals surface area contributed by atoms with Gasteiger partial charge in [-0.25, -0.2) is 0 Å². The van der Waals surface area contributed by atoms with E-state index >= 15 is 0 Å². The standard InChI is InChI=1S/C21H27N5/c1-3-26-15-17(12-23-26)14-25-10-8-18(9-11-25)21-20(13-22-24-21)19-7-5-4-6-16(19)2/h4-7,12-13,15,18H,3,8-11,14H2,1-2H3,(H,22,24). The van der Waals surface area contributed by atoms with Crippen LogP contribution in [0.15, 0.2) is 42.9 Å². The molecular weight excluding hydrogens is 322 g/mol. The number of hydrogen-bond donors (Lipinski definition) is 1. The quantitative estimate of drug-likeness (QED) is 0.758. The van der Waals surface area contributed by atoms with Crippen molar-refractivity contribution >= 4 is 0 Å². The van der Waals surface area contributed by atoms with E-state index in [4.69, 9.17) is 0 Å². The van der Waals surface area contributed by atoms with Crippen molar-refractivity contribution in [3.63, 3.8) is 0 Å². The van der Waals surface area contributed by atoms with Gasteiger partial charge in [0.25, 0.3) is 0 Å². The molecule has 3 heterocycles. The molecule has 0 radical (unpaired) electrons. The van der Waals surface area contributed by atoms with E-state index in [1.165, 1.54) is 40.8 Å². The SMILES string of the molecule is CCn1cc(CN2CCC(c3[nH]ncc3-c3ccccc3C)CC2)cn1. The fourth-order valence-electron chi connectivity index (χ4n) is 4.00. The molecule has 0 atom stereocenters. The Morgan fingerprint density at radius 3 is 2.65 bits per heavy atom. The van der Waals surface area contributed by atoms with Crippen molar-refractivity contribution in [2.45, 2.75) is 45.7 Å². The first-order valence-electron chi connectivity index (χ1n) is 9.57. The van der Waals surface area contributed by atoms with E-state index in [-0.39, 0.29) is 0 Å². The highest BCUT2D eigenvalue weighted by Gasteiger charge is 2.25. The molecule has 5 nitrogen and oxygen atoms in total. The van der Waals surface area contributed by atoms with Crippen LogP contribution in [-0.4, -0.2) is 38.0 Å². The highest BCUT2D eigenvalue weighted by Crippen LogP contribution is 2.35. The first-order chi connectivity index (χ1) is 12.7. The van der Waals surface area contributed by atoms with Gasteiger partial charge in [0.2, 0.25) is 0 Å². The molecule has 0 bridgehead atoms. The lowest BCUT2D eigenvalue weighted by atomic mass is 9.88. The zero-order valence-electron chi connectivity index (χ0n) is 15.7. The minimum atomic E-state index is 0.557. The van der Waals surface area contributed by atoms with E-state index in [1.807, 2.05) is 17.1 Å². The monoisotopic (exact) mass is 349 g/mol. The van der Waals surface area contributed by atoms with Crippen LogP contribution in [-0.2, 0) is 13.1 Å². The Balaban J connectivity index is 1.43. The van der Waals surface area contributed by atoms with Crippen molar-refractivity contribution in [3.8, 4) is 11.1 Å². The fourth-order valence-corrected chi connectivity index (χ4v) is 4.00. The maximum Gasteiger partial charge on any atom is 0.0568 e. The van der Waals surface area contributed by atoms with Gasteiger partial charge in [-0.3, -0.25) is 14.7 Å². The van der Waals surface area contributed by atoms with Crippen LogP contribution in [0.3, 0.4) is 0 Å². The Labute approximate surface area is 155 Å². The number of hydrogen-bond acceptors (Lipinski definition) is 3. The minimum absolute atomic E-state index is 0.557. The summed E-state index contributed by atoms with van der Waals surface area (Å²) in [5.74, 6) is 0.557. The van der Waals surface area contributed by atoms with Gasteiger partial charge >= 0.3 is 0 Å². The molecule has 0 amide bonds. The lowest BCUT2D eigenvalue weighted by Crippen LogP contribution is -2.32. The van der Waals surface area contributed by atoms with Crippen LogP contribution >= 0.6 is 0 Å². The van der Waals surface area contributed by atoms with Crippen LogP contribution in [0.25, 0.3) is 11.1 Å². The van der Waals surface area contributed by atoms with Crippen molar-refractivity contribution in [2.24, 2.45) is 0 Å². The molecule has 0 aliphatic carbocycles. The maximum absolute atomic E-state index is 4.39. The van der Waals surface area contributed by atoms with Gasteiger partial charge in [-0.05, 0) is 50.9 Å². The van der Waals surface area contributed by atoms with Crippen molar-refractivity contribution in [2.75, 3.05) is 13.1 Å². The molecule has 2 aromatic heterocycles. The second kappa shape index (κ2) is 7.46. The molecule has 1 saturated heterocycles. The van der Waals surface area contributed by atoms with E-state index in [1.54, 1.807) is 0 Å². The van der Waals surface area contributed by atoms with Gasteiger partial charge in [-0.15, -0.1) is 0 Å². The molecule has 0 spiro atoms. The Bertz CT molecular complexity index is 855. The number of likely N-dealkylation sites (tertiary alicyclic amines) is 1. The number of nitrogens with one attached hydrogen (secondary N) is 1. The Morgan fingerprint density at radius 2 is 1.92 bits per heavy atom. The number of nitrogens with zero attached hydrogens (tertiary/aromatic N) is 4. The Kier molecular flexibility index (Phi) is 4.89. The molecule has 136 valence electrons. The lowest BCUT2D eigenvalue weighted by Gasteiger charge is -2.31. The molecule has 5 heteroatoms. The molecule has 26 heavy (non-hydrogen) atoms. The smallest absolute Gasteiger partial charge is 0.0568 e. The Hall–Kier alpha value is -2.40. The van der Waals surface area contributed by atoms with E-state index in [9.17, 15) is 0 Å². The van der Waals surface area contributed by atoms with Crippen LogP contribution in [0.1, 0.15) is 42.5 Å². The molecular formula is C21H27N5. The molecule has 0 unspecified atom stereocenters. The van der Waals surface area contributed by atoms with Crippen LogP contribution in [0, 0.1) is 6.92 Å². The summed E-state index contributed by atoms with van der Waals surface area (Å²) in [6.07, 6.45) is 8.49. The number of H-pyrrole nitrogens is 1. The topological polar surface area (TPSA) is 49.7 Å². The highest BCUT2D eigenvalue weighted by molar-refractivity contribution is 5.69. The number of piperidine rings is 1. The van der Waals surface area contributed by atoms with Gasteiger partial charge in [0.05, 0.1) is 12.4 Å². The average Bonchev–Trinajstić information content (AvgIpc) is 3.32. The van der Waals surface area contributed by atoms with Crippen molar-refractivity contribution in [1.82, 2.24) is 24.9 Å². The third kappa shape index (κ3) is 3.44. The van der Waals surface area contributed by atoms with Gasteiger partial charge in [-0.2, -0.15) is 10.2 Å². The van der Waals surface area contributed by atoms with E-state index < -0.39 is 0 Å². The van der Waals surface area contributed by atoms with Gasteiger partial charge in [-0.1, -0.05) is 24.3 Å². The molecule has 1 aliphatic rings. The zero-order valence-corrected chi connectivity index (χ0v) is 15.7. The summed E-state index contributed by atoms with van der Waals surface area (Å²) in [4.78, 5) is 2.54. The predicted octanol–water partition coefficient (Wildman–Crippen LogP) is 3.98. The second-order valence-electron chi connectivity index (χ2n) is 7.27. The van der Waals surface area contributed by atoms with Crippen LogP contribution in [0.2, 0.25) is 0 Å². The minimum Gasteiger partial charge on any atom is -0.299 e. The molecule has 1 aliphatic heterocycles. The number of rotatable bonds is 5. The summed E-state index contributed by atoms with van der Waals surface area (Å²) < 4.78 is 2.00. The normalized spacial score (nSPS) is 16.2. The summed E-state index contributed by atoms with van der Waals surface area (Å²) in [6.45, 7) is 8.47. The first-order valence-corrected chi connectivity index (χ1v) is 9.57. The lowest BCUT2D eigenvalue weighted by molar-refractivity contribution is 0.203. The summed E-state index contributed by atoms with van der Waals surface area (Å²) >= 11 is 0. The van der Waals surface area contributed by atoms with E-state index in [0.717, 1.165) is 26.2 Å². The van der Waals surface area contributed by atoms with Gasteiger partial charge in [0.15, 0.2) is 0 Å². The summed E-state index contributed by atoms with van der Waals surface area (Å²) in [6, 6.07) is 8.57. The number of aryl methyl sites for hydroxylation is 2. The number of benzene rings is 1. The average molecular weight is 349 g/mol. The summed E-state index contributed by atoms with van der Waals surface area (Å²) in [7, 11) is 0. The van der Waals surface area contributed by atoms with Gasteiger partial charge in [0.1, 0.15) is 0 Å². The van der Waals surface area contributed by atoms with Crippen molar-refractivity contribution < 1.29 is 0 Å². The van der Waals surface area contributed by atoms with E-state index in [0.29, 0.717) is 5.92 Å². The molecule has 1 fully saturated rings. The number of aromatic nitrogens is 4. The summed E-state index contributed by atoms with van der Waals surface area (Å²) in [5, 5.41) is 12.0. The highest BCUT2D eigenvalue weighted by atomic mass is 15.3. The largest absolute Gasteiger partial charge is 0.299 e. The second-order valence-corrected chi connectivity index (χ2v) is 7.27. The first kappa shape index (κ1) is 17.0. The molecule has 3 aromatic rings.